The number of aromatic nitrogens is 2. The highest BCUT2D eigenvalue weighted by atomic mass is 32.2. The van der Waals surface area contributed by atoms with Gasteiger partial charge in [0.25, 0.3) is 0 Å². The lowest BCUT2D eigenvalue weighted by molar-refractivity contribution is 0.284. The molecule has 1 aliphatic heterocycles. The first-order valence-corrected chi connectivity index (χ1v) is 14.5. The number of nitrogen functional groups attached to an aromatic ring is 1. The predicted molar refractivity (Wildman–Crippen MR) is 144 cm³/mol. The third-order valence-electron chi connectivity index (χ3n) is 7.34. The quantitative estimate of drug-likeness (QED) is 0.401. The molecular weight excluding hydrogens is 528 g/mol. The second kappa shape index (κ2) is 10.9. The second-order valence-electron chi connectivity index (χ2n) is 10.1. The molecule has 39 heavy (non-hydrogen) atoms. The Morgan fingerprint density at radius 2 is 1.69 bits per heavy atom. The number of piperazine rings is 1. The van der Waals surface area contributed by atoms with Gasteiger partial charge < -0.3 is 15.4 Å². The molecule has 2 heterocycles. The van der Waals surface area contributed by atoms with Crippen LogP contribution in [0.4, 0.5) is 20.2 Å². The normalized spacial score (nSPS) is 19.7. The summed E-state index contributed by atoms with van der Waals surface area (Å²) in [5, 5.41) is 4.18. The number of halogens is 2. The van der Waals surface area contributed by atoms with Gasteiger partial charge in [0.15, 0.2) is 0 Å². The van der Waals surface area contributed by atoms with Crippen LogP contribution >= 0.6 is 0 Å². The van der Waals surface area contributed by atoms with Crippen LogP contribution < -0.4 is 20.9 Å². The van der Waals surface area contributed by atoms with E-state index in [1.165, 1.54) is 10.5 Å². The van der Waals surface area contributed by atoms with Crippen molar-refractivity contribution < 1.29 is 21.9 Å². The Morgan fingerprint density at radius 1 is 1.03 bits per heavy atom. The molecule has 1 aromatic heterocycles. The maximum atomic E-state index is 13.9. The van der Waals surface area contributed by atoms with Crippen molar-refractivity contribution in [3.63, 3.8) is 0 Å². The summed E-state index contributed by atoms with van der Waals surface area (Å²) in [6.07, 6.45) is 3.48. The monoisotopic (exact) mass is 559 g/mol. The first-order chi connectivity index (χ1) is 18.6. The Labute approximate surface area is 225 Å². The molecule has 1 saturated heterocycles. The summed E-state index contributed by atoms with van der Waals surface area (Å²) in [4.78, 5) is 15.3. The van der Waals surface area contributed by atoms with Gasteiger partial charge in [-0.15, -0.1) is 0 Å². The van der Waals surface area contributed by atoms with Crippen LogP contribution in [-0.2, 0) is 15.8 Å². The minimum atomic E-state index is -3.56. The number of hydrogen-bond donors (Lipinski definition) is 1. The first kappa shape index (κ1) is 27.1. The van der Waals surface area contributed by atoms with Crippen molar-refractivity contribution in [2.75, 3.05) is 43.4 Å². The van der Waals surface area contributed by atoms with E-state index in [2.05, 4.69) is 12.0 Å². The average molecular weight is 560 g/mol. The highest BCUT2D eigenvalue weighted by molar-refractivity contribution is 7.88. The molecule has 2 N–H and O–H groups in total. The molecule has 3 aromatic rings. The van der Waals surface area contributed by atoms with Crippen LogP contribution in [-0.4, -0.2) is 55.3 Å². The number of sulfonamides is 1. The third kappa shape index (κ3) is 6.06. The van der Waals surface area contributed by atoms with Crippen LogP contribution in [0.2, 0.25) is 0 Å². The molecule has 1 aliphatic carbocycles. The van der Waals surface area contributed by atoms with E-state index in [1.54, 1.807) is 24.3 Å². The molecule has 0 spiro atoms. The van der Waals surface area contributed by atoms with Crippen molar-refractivity contribution in [3.8, 4) is 11.4 Å². The maximum absolute atomic E-state index is 13.9. The SMILES string of the molecule is CC[C@H]1C[C@@H]1COc1c(N2CCN(S(=O)(=O)Cc3ccc(N)cc3)CC2)cnn(-c2cc(F)cc(F)c2)c1=O. The van der Waals surface area contributed by atoms with E-state index in [9.17, 15) is 22.0 Å². The van der Waals surface area contributed by atoms with Crippen LogP contribution in [0, 0.1) is 23.5 Å². The van der Waals surface area contributed by atoms with Crippen molar-refractivity contribution >= 4 is 21.4 Å². The van der Waals surface area contributed by atoms with Gasteiger partial charge in [0.2, 0.25) is 15.8 Å². The molecule has 2 atom stereocenters. The molecule has 0 bridgehead atoms. The summed E-state index contributed by atoms with van der Waals surface area (Å²) in [5.41, 5.74) is 6.65. The number of benzene rings is 2. The zero-order valence-electron chi connectivity index (χ0n) is 21.6. The van der Waals surface area contributed by atoms with Crippen molar-refractivity contribution in [1.82, 2.24) is 14.1 Å². The van der Waals surface area contributed by atoms with Crippen molar-refractivity contribution in [1.29, 1.82) is 0 Å². The first-order valence-electron chi connectivity index (χ1n) is 12.9. The van der Waals surface area contributed by atoms with Crippen molar-refractivity contribution in [2.24, 2.45) is 11.8 Å². The standard InChI is InChI=1S/C27H31F2N5O4S/c1-2-19-11-20(19)16-38-26-25(15-31-34(27(26)35)24-13-21(28)12-22(29)14-24)32-7-9-33(10-8-32)39(36,37)17-18-3-5-23(30)6-4-18/h3-6,12-15,19-20H,2,7-11,16-17,30H2,1H3/t19-,20+/m0/s1. The summed E-state index contributed by atoms with van der Waals surface area (Å²) in [5.74, 6) is -0.871. The average Bonchev–Trinajstić information content (AvgIpc) is 3.67. The lowest BCUT2D eigenvalue weighted by Crippen LogP contribution is -2.49. The lowest BCUT2D eigenvalue weighted by Gasteiger charge is -2.35. The molecule has 9 nitrogen and oxygen atoms in total. The maximum Gasteiger partial charge on any atom is 0.316 e. The molecular formula is C27H31F2N5O4S. The highest BCUT2D eigenvalue weighted by Gasteiger charge is 2.36. The molecule has 1 saturated carbocycles. The van der Waals surface area contributed by atoms with E-state index in [1.807, 2.05) is 4.90 Å². The minimum Gasteiger partial charge on any atom is -0.486 e. The van der Waals surface area contributed by atoms with Gasteiger partial charge in [-0.1, -0.05) is 25.5 Å². The van der Waals surface area contributed by atoms with Gasteiger partial charge >= 0.3 is 5.56 Å². The van der Waals surface area contributed by atoms with E-state index in [0.29, 0.717) is 48.5 Å². The summed E-state index contributed by atoms with van der Waals surface area (Å²) in [6.45, 7) is 3.52. The highest BCUT2D eigenvalue weighted by Crippen LogP contribution is 2.41. The molecule has 2 aliphatic rings. The number of rotatable bonds is 9. The third-order valence-corrected chi connectivity index (χ3v) is 9.19. The van der Waals surface area contributed by atoms with Gasteiger partial charge in [-0.25, -0.2) is 17.2 Å². The fourth-order valence-electron chi connectivity index (χ4n) is 4.96. The van der Waals surface area contributed by atoms with Crippen LogP contribution in [0.1, 0.15) is 25.3 Å². The van der Waals surface area contributed by atoms with E-state index >= 15 is 0 Å². The number of ether oxygens (including phenoxy) is 1. The molecule has 5 rings (SSSR count). The smallest absolute Gasteiger partial charge is 0.316 e. The van der Waals surface area contributed by atoms with Gasteiger partial charge in [-0.05, 0) is 48.1 Å². The molecule has 0 radical (unpaired) electrons. The Kier molecular flexibility index (Phi) is 7.59. The molecule has 2 fully saturated rings. The Hall–Kier alpha value is -3.51. The Morgan fingerprint density at radius 3 is 2.31 bits per heavy atom. The van der Waals surface area contributed by atoms with E-state index in [4.69, 9.17) is 10.5 Å². The van der Waals surface area contributed by atoms with Crippen LogP contribution in [0.5, 0.6) is 5.75 Å². The fraction of sp³-hybridized carbons (Fsp3) is 0.407. The number of hydrogen-bond acceptors (Lipinski definition) is 7. The Balaban J connectivity index is 1.37. The second-order valence-corrected chi connectivity index (χ2v) is 12.0. The molecule has 2 aromatic carbocycles. The zero-order valence-corrected chi connectivity index (χ0v) is 22.4. The summed E-state index contributed by atoms with van der Waals surface area (Å²) in [6, 6.07) is 9.50. The van der Waals surface area contributed by atoms with Crippen LogP contribution in [0.15, 0.2) is 53.5 Å². The van der Waals surface area contributed by atoms with Gasteiger partial charge in [0.05, 0.1) is 24.2 Å². The van der Waals surface area contributed by atoms with Gasteiger partial charge in [0, 0.05) is 37.9 Å². The summed E-state index contributed by atoms with van der Waals surface area (Å²) >= 11 is 0. The number of anilines is 2. The topological polar surface area (TPSA) is 111 Å². The van der Waals surface area contributed by atoms with Gasteiger partial charge in [-0.3, -0.25) is 4.79 Å². The van der Waals surface area contributed by atoms with E-state index in [0.717, 1.165) is 35.7 Å². The Bertz CT molecular complexity index is 1490. The lowest BCUT2D eigenvalue weighted by atomic mass is 10.2. The van der Waals surface area contributed by atoms with E-state index < -0.39 is 27.2 Å². The largest absolute Gasteiger partial charge is 0.486 e. The summed E-state index contributed by atoms with van der Waals surface area (Å²) in [7, 11) is -3.56. The summed E-state index contributed by atoms with van der Waals surface area (Å²) < 4.78 is 62.2. The van der Waals surface area contributed by atoms with Gasteiger partial charge in [0.1, 0.15) is 17.3 Å². The van der Waals surface area contributed by atoms with E-state index in [-0.39, 0.29) is 30.3 Å². The predicted octanol–water partition coefficient (Wildman–Crippen LogP) is 3.17. The minimum absolute atomic E-state index is 0.0367. The molecule has 12 heteroatoms. The molecule has 208 valence electrons. The van der Waals surface area contributed by atoms with Gasteiger partial charge in [-0.2, -0.15) is 14.1 Å². The molecule has 0 amide bonds. The molecule has 0 unspecified atom stereocenters. The van der Waals surface area contributed by atoms with Crippen molar-refractivity contribution in [3.05, 3.63) is 76.2 Å². The van der Waals surface area contributed by atoms with Crippen LogP contribution in [0.25, 0.3) is 5.69 Å². The number of nitrogens with two attached hydrogens (primary N) is 1. The van der Waals surface area contributed by atoms with Crippen LogP contribution in [0.3, 0.4) is 0 Å². The fourth-order valence-corrected chi connectivity index (χ4v) is 6.48. The number of nitrogens with zero attached hydrogens (tertiary/aromatic N) is 4. The van der Waals surface area contributed by atoms with Crippen molar-refractivity contribution in [2.45, 2.75) is 25.5 Å². The zero-order chi connectivity index (χ0) is 27.7.